The molecule has 0 saturated carbocycles. The van der Waals surface area contributed by atoms with E-state index in [0.717, 1.165) is 0 Å². The molecule has 0 aromatic carbocycles. The van der Waals surface area contributed by atoms with Crippen molar-refractivity contribution in [2.75, 3.05) is 40.5 Å². The van der Waals surface area contributed by atoms with Crippen molar-refractivity contribution in [3.63, 3.8) is 0 Å². The largest absolute Gasteiger partial charge is 0.481 e. The van der Waals surface area contributed by atoms with E-state index in [2.05, 4.69) is 5.10 Å². The van der Waals surface area contributed by atoms with E-state index >= 15 is 0 Å². The maximum Gasteiger partial charge on any atom is 0.274 e. The molecule has 0 aliphatic rings. The van der Waals surface area contributed by atoms with Crippen LogP contribution in [0.5, 0.6) is 5.88 Å². The lowest BCUT2D eigenvalue weighted by Gasteiger charge is -2.15. The normalized spacial score (nSPS) is 10.4. The third-order valence-electron chi connectivity index (χ3n) is 2.42. The van der Waals surface area contributed by atoms with E-state index in [1.54, 1.807) is 20.2 Å². The topological polar surface area (TPSA) is 76.8 Å². The number of hydrogen-bond acceptors (Lipinski definition) is 5. The van der Waals surface area contributed by atoms with Crippen molar-refractivity contribution < 1.29 is 19.4 Å². The number of likely N-dealkylation sites (N-methyl/N-ethyl adjacent to an activating group) is 1. The smallest absolute Gasteiger partial charge is 0.274 e. The Labute approximate surface area is 106 Å². The zero-order chi connectivity index (χ0) is 13.5. The van der Waals surface area contributed by atoms with Gasteiger partial charge in [0, 0.05) is 26.7 Å². The Bertz CT molecular complexity index is 392. The summed E-state index contributed by atoms with van der Waals surface area (Å²) in [5, 5.41) is 12.6. The van der Waals surface area contributed by atoms with Crippen LogP contribution in [0.25, 0.3) is 0 Å². The van der Waals surface area contributed by atoms with Crippen LogP contribution in [0.1, 0.15) is 10.5 Å². The molecule has 1 aromatic heterocycles. The van der Waals surface area contributed by atoms with E-state index in [1.807, 2.05) is 0 Å². The third kappa shape index (κ3) is 3.71. The number of aromatic nitrogens is 2. The highest BCUT2D eigenvalue weighted by Gasteiger charge is 2.16. The van der Waals surface area contributed by atoms with Crippen LogP contribution in [0.15, 0.2) is 6.07 Å². The highest BCUT2D eigenvalue weighted by atomic mass is 16.5. The van der Waals surface area contributed by atoms with Crippen molar-refractivity contribution in [1.82, 2.24) is 14.7 Å². The quantitative estimate of drug-likeness (QED) is 0.667. The molecule has 0 aliphatic carbocycles. The Kier molecular flexibility index (Phi) is 5.60. The second-order valence-corrected chi connectivity index (χ2v) is 3.76. The van der Waals surface area contributed by atoms with E-state index in [-0.39, 0.29) is 19.1 Å². The minimum atomic E-state index is -0.193. The second-order valence-electron chi connectivity index (χ2n) is 3.76. The Morgan fingerprint density at radius 1 is 1.56 bits per heavy atom. The van der Waals surface area contributed by atoms with Crippen molar-refractivity contribution in [3.05, 3.63) is 11.8 Å². The Balaban J connectivity index is 2.51. The average Bonchev–Trinajstić information content (AvgIpc) is 2.74. The monoisotopic (exact) mass is 257 g/mol. The molecular weight excluding hydrogens is 238 g/mol. The summed E-state index contributed by atoms with van der Waals surface area (Å²) >= 11 is 0. The number of carbonyl (C=O) groups excluding carboxylic acids is 1. The molecule has 1 aromatic rings. The van der Waals surface area contributed by atoms with Gasteiger partial charge in [-0.15, -0.1) is 0 Å². The fraction of sp³-hybridized carbons (Fsp3) is 0.636. The zero-order valence-corrected chi connectivity index (χ0v) is 10.9. The van der Waals surface area contributed by atoms with Crippen LogP contribution >= 0.6 is 0 Å². The lowest BCUT2D eigenvalue weighted by molar-refractivity contribution is 0.0614. The van der Waals surface area contributed by atoms with Crippen LogP contribution < -0.4 is 4.74 Å². The van der Waals surface area contributed by atoms with Gasteiger partial charge in [-0.25, -0.2) is 4.68 Å². The minimum absolute atomic E-state index is 0.0187. The number of aliphatic hydroxyl groups excluding tert-OH is 1. The molecule has 0 bridgehead atoms. The second kappa shape index (κ2) is 6.97. The third-order valence-corrected chi connectivity index (χ3v) is 2.42. The van der Waals surface area contributed by atoms with E-state index in [9.17, 15) is 4.79 Å². The van der Waals surface area contributed by atoms with Crippen LogP contribution in [0.4, 0.5) is 0 Å². The highest BCUT2D eigenvalue weighted by molar-refractivity contribution is 5.92. The van der Waals surface area contributed by atoms with Crippen LogP contribution in [0, 0.1) is 0 Å². The maximum atomic E-state index is 12.0. The van der Waals surface area contributed by atoms with Gasteiger partial charge in [0.1, 0.15) is 0 Å². The van der Waals surface area contributed by atoms with Gasteiger partial charge in [-0.2, -0.15) is 5.10 Å². The Morgan fingerprint density at radius 2 is 2.28 bits per heavy atom. The Hall–Kier alpha value is -1.60. The molecule has 102 valence electrons. The van der Waals surface area contributed by atoms with Gasteiger partial charge in [0.05, 0.1) is 26.9 Å². The molecule has 0 aliphatic heterocycles. The van der Waals surface area contributed by atoms with Gasteiger partial charge in [0.25, 0.3) is 5.91 Å². The lowest BCUT2D eigenvalue weighted by Crippen LogP contribution is -2.30. The summed E-state index contributed by atoms with van der Waals surface area (Å²) in [6.45, 7) is 1.08. The first-order valence-electron chi connectivity index (χ1n) is 5.62. The van der Waals surface area contributed by atoms with Gasteiger partial charge in [0.15, 0.2) is 5.69 Å². The standard InChI is InChI=1S/C11H19N3O4/c1-13(4-6-18-7-5-15)11(16)9-8-10(17-3)14(2)12-9/h8,15H,4-7H2,1-3H3. The molecule has 1 N–H and O–H groups in total. The molecule has 7 heteroatoms. The number of nitrogens with zero attached hydrogens (tertiary/aromatic N) is 3. The predicted molar refractivity (Wildman–Crippen MR) is 64.6 cm³/mol. The van der Waals surface area contributed by atoms with Gasteiger partial charge in [-0.1, -0.05) is 0 Å². The van der Waals surface area contributed by atoms with Gasteiger partial charge in [-0.05, 0) is 0 Å². The first kappa shape index (κ1) is 14.5. The number of aryl methyl sites for hydroxylation is 1. The number of amides is 1. The number of carbonyl (C=O) groups is 1. The molecule has 18 heavy (non-hydrogen) atoms. The fourth-order valence-corrected chi connectivity index (χ4v) is 1.41. The van der Waals surface area contributed by atoms with Crippen LogP contribution in [-0.4, -0.2) is 66.2 Å². The summed E-state index contributed by atoms with van der Waals surface area (Å²) in [6, 6.07) is 1.59. The van der Waals surface area contributed by atoms with E-state index in [0.29, 0.717) is 24.7 Å². The zero-order valence-electron chi connectivity index (χ0n) is 10.9. The number of hydrogen-bond donors (Lipinski definition) is 1. The van der Waals surface area contributed by atoms with Gasteiger partial charge in [0.2, 0.25) is 5.88 Å². The highest BCUT2D eigenvalue weighted by Crippen LogP contribution is 2.12. The molecule has 0 atom stereocenters. The van der Waals surface area contributed by atoms with Crippen LogP contribution in [0.2, 0.25) is 0 Å². The molecule has 0 radical (unpaired) electrons. The van der Waals surface area contributed by atoms with Crippen LogP contribution in [-0.2, 0) is 11.8 Å². The predicted octanol–water partition coefficient (Wildman–Crippen LogP) is -0.490. The van der Waals surface area contributed by atoms with E-state index < -0.39 is 0 Å². The summed E-state index contributed by atoms with van der Waals surface area (Å²) in [7, 11) is 4.91. The van der Waals surface area contributed by atoms with Gasteiger partial charge < -0.3 is 19.5 Å². The molecule has 0 saturated heterocycles. The number of ether oxygens (including phenoxy) is 2. The van der Waals surface area contributed by atoms with E-state index in [4.69, 9.17) is 14.6 Å². The van der Waals surface area contributed by atoms with Crippen molar-refractivity contribution >= 4 is 5.91 Å². The van der Waals surface area contributed by atoms with Crippen molar-refractivity contribution in [2.45, 2.75) is 0 Å². The maximum absolute atomic E-state index is 12.0. The molecule has 1 heterocycles. The van der Waals surface area contributed by atoms with Crippen molar-refractivity contribution in [2.24, 2.45) is 7.05 Å². The molecule has 1 rings (SSSR count). The average molecular weight is 257 g/mol. The minimum Gasteiger partial charge on any atom is -0.481 e. The van der Waals surface area contributed by atoms with Crippen molar-refractivity contribution in [3.8, 4) is 5.88 Å². The number of aliphatic hydroxyl groups is 1. The van der Waals surface area contributed by atoms with Gasteiger partial charge in [-0.3, -0.25) is 4.79 Å². The SMILES string of the molecule is COc1cc(C(=O)N(C)CCOCCO)nn1C. The summed E-state index contributed by atoms with van der Waals surface area (Å²) in [4.78, 5) is 13.5. The fourth-order valence-electron chi connectivity index (χ4n) is 1.41. The molecule has 0 fully saturated rings. The molecular formula is C11H19N3O4. The number of rotatable bonds is 7. The molecule has 0 unspecified atom stereocenters. The first-order chi connectivity index (χ1) is 8.60. The Morgan fingerprint density at radius 3 is 2.83 bits per heavy atom. The summed E-state index contributed by atoms with van der Waals surface area (Å²) in [5.41, 5.74) is 0.332. The summed E-state index contributed by atoms with van der Waals surface area (Å²) < 4.78 is 11.6. The lowest BCUT2D eigenvalue weighted by atomic mass is 10.3. The summed E-state index contributed by atoms with van der Waals surface area (Å²) in [5.74, 6) is 0.338. The van der Waals surface area contributed by atoms with Crippen molar-refractivity contribution in [1.29, 1.82) is 0 Å². The first-order valence-corrected chi connectivity index (χ1v) is 5.62. The summed E-state index contributed by atoms with van der Waals surface area (Å²) in [6.07, 6.45) is 0. The molecule has 0 spiro atoms. The van der Waals surface area contributed by atoms with E-state index in [1.165, 1.54) is 16.7 Å². The molecule has 7 nitrogen and oxygen atoms in total. The number of methoxy groups -OCH3 is 1. The van der Waals surface area contributed by atoms with Gasteiger partial charge >= 0.3 is 0 Å². The van der Waals surface area contributed by atoms with Crippen LogP contribution in [0.3, 0.4) is 0 Å². The molecule has 1 amide bonds.